The second-order valence-corrected chi connectivity index (χ2v) is 6.34. The molecule has 5 nitrogen and oxygen atoms in total. The molecule has 1 aliphatic heterocycles. The molecular formula is C18H23N3O2. The van der Waals surface area contributed by atoms with Gasteiger partial charge in [0.1, 0.15) is 11.9 Å². The quantitative estimate of drug-likeness (QED) is 0.944. The summed E-state index contributed by atoms with van der Waals surface area (Å²) in [7, 11) is 1.85. The van der Waals surface area contributed by atoms with Crippen molar-refractivity contribution >= 4 is 5.91 Å². The number of amides is 1. The molecule has 3 rings (SSSR count). The lowest BCUT2D eigenvalue weighted by Gasteiger charge is -2.17. The molecule has 1 N–H and O–H groups in total. The van der Waals surface area contributed by atoms with Gasteiger partial charge in [-0.25, -0.2) is 0 Å². The van der Waals surface area contributed by atoms with Gasteiger partial charge in [-0.2, -0.15) is 5.10 Å². The van der Waals surface area contributed by atoms with Gasteiger partial charge < -0.3 is 9.64 Å². The molecule has 2 heterocycles. The van der Waals surface area contributed by atoms with Crippen LogP contribution in [0, 0.1) is 13.8 Å². The minimum atomic E-state index is 0.0474. The molecule has 0 saturated carbocycles. The summed E-state index contributed by atoms with van der Waals surface area (Å²) < 4.78 is 5.69. The standard InChI is InChI=1S/C18H23N3O2/c1-11-9-15-10-14(5-6-17(15)23-11)18(22)21(4)8-7-16-12(2)19-20-13(16)3/h5-6,10-11H,7-9H2,1-4H3,(H,19,20). The first-order valence-electron chi connectivity index (χ1n) is 8.01. The van der Waals surface area contributed by atoms with E-state index in [2.05, 4.69) is 10.2 Å². The Kier molecular flexibility index (Phi) is 4.11. The topological polar surface area (TPSA) is 58.2 Å². The van der Waals surface area contributed by atoms with Crippen LogP contribution in [0.2, 0.25) is 0 Å². The maximum absolute atomic E-state index is 12.6. The number of H-pyrrole nitrogens is 1. The van der Waals surface area contributed by atoms with Crippen LogP contribution in [-0.2, 0) is 12.8 Å². The molecule has 1 aromatic heterocycles. The van der Waals surface area contributed by atoms with Crippen LogP contribution < -0.4 is 4.74 Å². The molecule has 0 bridgehead atoms. The minimum absolute atomic E-state index is 0.0474. The highest BCUT2D eigenvalue weighted by Crippen LogP contribution is 2.29. The van der Waals surface area contributed by atoms with Gasteiger partial charge in [0.05, 0.1) is 5.69 Å². The van der Waals surface area contributed by atoms with E-state index in [9.17, 15) is 4.79 Å². The highest BCUT2D eigenvalue weighted by molar-refractivity contribution is 5.94. The largest absolute Gasteiger partial charge is 0.490 e. The highest BCUT2D eigenvalue weighted by Gasteiger charge is 2.21. The molecule has 2 aromatic rings. The molecule has 0 fully saturated rings. The van der Waals surface area contributed by atoms with Crippen LogP contribution in [0.25, 0.3) is 0 Å². The van der Waals surface area contributed by atoms with Gasteiger partial charge in [0, 0.05) is 31.3 Å². The number of likely N-dealkylation sites (N-methyl/N-ethyl adjacent to an activating group) is 1. The summed E-state index contributed by atoms with van der Waals surface area (Å²) in [5.74, 6) is 0.951. The average molecular weight is 313 g/mol. The third-order valence-corrected chi connectivity index (χ3v) is 4.47. The Hall–Kier alpha value is -2.30. The van der Waals surface area contributed by atoms with Crippen molar-refractivity contribution in [2.75, 3.05) is 13.6 Å². The molecule has 1 aliphatic rings. The Labute approximate surface area is 136 Å². The predicted octanol–water partition coefficient (Wildman–Crippen LogP) is 2.66. The van der Waals surface area contributed by atoms with Crippen molar-refractivity contribution in [1.82, 2.24) is 15.1 Å². The predicted molar refractivity (Wildman–Crippen MR) is 89.0 cm³/mol. The van der Waals surface area contributed by atoms with Gasteiger partial charge in [0.25, 0.3) is 5.91 Å². The van der Waals surface area contributed by atoms with E-state index in [-0.39, 0.29) is 12.0 Å². The lowest BCUT2D eigenvalue weighted by molar-refractivity contribution is 0.0796. The molecule has 122 valence electrons. The number of nitrogens with one attached hydrogen (secondary N) is 1. The normalized spacial score (nSPS) is 16.1. The summed E-state index contributed by atoms with van der Waals surface area (Å²) in [5.41, 5.74) is 5.13. The number of rotatable bonds is 4. The van der Waals surface area contributed by atoms with E-state index in [1.807, 2.05) is 46.0 Å². The fourth-order valence-electron chi connectivity index (χ4n) is 3.10. The van der Waals surface area contributed by atoms with Crippen LogP contribution in [0.4, 0.5) is 0 Å². The number of ether oxygens (including phenoxy) is 1. The van der Waals surface area contributed by atoms with Crippen molar-refractivity contribution in [3.8, 4) is 5.75 Å². The van der Waals surface area contributed by atoms with Gasteiger partial charge in [-0.1, -0.05) is 0 Å². The van der Waals surface area contributed by atoms with E-state index in [0.29, 0.717) is 6.54 Å². The summed E-state index contributed by atoms with van der Waals surface area (Å²) in [5, 5.41) is 7.19. The van der Waals surface area contributed by atoms with E-state index in [0.717, 1.165) is 41.1 Å². The molecular weight excluding hydrogens is 290 g/mol. The molecule has 0 spiro atoms. The van der Waals surface area contributed by atoms with Crippen molar-refractivity contribution in [1.29, 1.82) is 0 Å². The number of aromatic amines is 1. The Bertz CT molecular complexity index is 716. The van der Waals surface area contributed by atoms with Crippen LogP contribution >= 0.6 is 0 Å². The summed E-state index contributed by atoms with van der Waals surface area (Å²) in [4.78, 5) is 14.4. The van der Waals surface area contributed by atoms with Crippen LogP contribution in [0.15, 0.2) is 18.2 Å². The number of hydrogen-bond acceptors (Lipinski definition) is 3. The molecule has 0 saturated heterocycles. The number of aryl methyl sites for hydroxylation is 2. The van der Waals surface area contributed by atoms with Gasteiger partial charge in [-0.3, -0.25) is 9.89 Å². The average Bonchev–Trinajstić information content (AvgIpc) is 3.05. The first-order chi connectivity index (χ1) is 11.0. The Morgan fingerprint density at radius 1 is 1.43 bits per heavy atom. The maximum Gasteiger partial charge on any atom is 0.253 e. The number of carbonyl (C=O) groups excluding carboxylic acids is 1. The van der Waals surface area contributed by atoms with E-state index >= 15 is 0 Å². The number of hydrogen-bond donors (Lipinski definition) is 1. The van der Waals surface area contributed by atoms with Crippen LogP contribution in [0.5, 0.6) is 5.75 Å². The Balaban J connectivity index is 1.67. The number of nitrogens with zero attached hydrogens (tertiary/aromatic N) is 2. The summed E-state index contributed by atoms with van der Waals surface area (Å²) in [6, 6.07) is 5.72. The zero-order valence-corrected chi connectivity index (χ0v) is 14.1. The zero-order valence-electron chi connectivity index (χ0n) is 14.1. The van der Waals surface area contributed by atoms with E-state index in [4.69, 9.17) is 4.74 Å². The molecule has 1 amide bonds. The molecule has 0 aliphatic carbocycles. The summed E-state index contributed by atoms with van der Waals surface area (Å²) in [6.45, 7) is 6.72. The SMILES string of the molecule is Cc1n[nH]c(C)c1CCN(C)C(=O)c1ccc2c(c1)CC(C)O2. The second kappa shape index (κ2) is 6.07. The fraction of sp³-hybridized carbons (Fsp3) is 0.444. The van der Waals surface area contributed by atoms with Gasteiger partial charge in [-0.05, 0) is 56.5 Å². The first kappa shape index (κ1) is 15.6. The molecule has 5 heteroatoms. The smallest absolute Gasteiger partial charge is 0.253 e. The lowest BCUT2D eigenvalue weighted by Crippen LogP contribution is -2.29. The Morgan fingerprint density at radius 3 is 2.91 bits per heavy atom. The minimum Gasteiger partial charge on any atom is -0.490 e. The third-order valence-electron chi connectivity index (χ3n) is 4.47. The van der Waals surface area contributed by atoms with E-state index in [1.54, 1.807) is 4.90 Å². The van der Waals surface area contributed by atoms with Crippen molar-refractivity contribution in [3.63, 3.8) is 0 Å². The molecule has 1 atom stereocenters. The summed E-state index contributed by atoms with van der Waals surface area (Å²) in [6.07, 6.45) is 1.87. The second-order valence-electron chi connectivity index (χ2n) is 6.34. The Morgan fingerprint density at radius 2 is 2.22 bits per heavy atom. The molecule has 0 radical (unpaired) electrons. The van der Waals surface area contributed by atoms with Crippen molar-refractivity contribution < 1.29 is 9.53 Å². The van der Waals surface area contributed by atoms with E-state index in [1.165, 1.54) is 5.56 Å². The number of fused-ring (bicyclic) bond motifs is 1. The zero-order chi connectivity index (χ0) is 16.6. The lowest BCUT2D eigenvalue weighted by atomic mass is 10.1. The van der Waals surface area contributed by atoms with Gasteiger partial charge in [-0.15, -0.1) is 0 Å². The summed E-state index contributed by atoms with van der Waals surface area (Å²) >= 11 is 0. The molecule has 1 aromatic carbocycles. The van der Waals surface area contributed by atoms with Crippen molar-refractivity contribution in [2.45, 2.75) is 39.7 Å². The van der Waals surface area contributed by atoms with Gasteiger partial charge in [0.15, 0.2) is 0 Å². The van der Waals surface area contributed by atoms with E-state index < -0.39 is 0 Å². The van der Waals surface area contributed by atoms with Crippen LogP contribution in [-0.4, -0.2) is 40.7 Å². The van der Waals surface area contributed by atoms with Crippen molar-refractivity contribution in [3.05, 3.63) is 46.3 Å². The van der Waals surface area contributed by atoms with Crippen LogP contribution in [0.1, 0.15) is 39.8 Å². The van der Waals surface area contributed by atoms with Crippen LogP contribution in [0.3, 0.4) is 0 Å². The number of aromatic nitrogens is 2. The van der Waals surface area contributed by atoms with Gasteiger partial charge in [0.2, 0.25) is 0 Å². The maximum atomic E-state index is 12.6. The van der Waals surface area contributed by atoms with Crippen molar-refractivity contribution in [2.24, 2.45) is 0 Å². The first-order valence-corrected chi connectivity index (χ1v) is 8.01. The monoisotopic (exact) mass is 313 g/mol. The molecule has 1 unspecified atom stereocenters. The van der Waals surface area contributed by atoms with Gasteiger partial charge >= 0.3 is 0 Å². The number of carbonyl (C=O) groups is 1. The third kappa shape index (κ3) is 3.09. The molecule has 23 heavy (non-hydrogen) atoms. The highest BCUT2D eigenvalue weighted by atomic mass is 16.5. The fourth-order valence-corrected chi connectivity index (χ4v) is 3.10. The number of benzene rings is 1.